The SMILES string of the molecule is FC(F)(F)c1cccnc1NCc1cccc2c1OCO2. The van der Waals surface area contributed by atoms with E-state index in [1.165, 1.54) is 12.3 Å². The summed E-state index contributed by atoms with van der Waals surface area (Å²) in [7, 11) is 0. The van der Waals surface area contributed by atoms with Crippen molar-refractivity contribution in [2.75, 3.05) is 12.1 Å². The van der Waals surface area contributed by atoms with Gasteiger partial charge in [-0.3, -0.25) is 0 Å². The van der Waals surface area contributed by atoms with Crippen LogP contribution in [0.5, 0.6) is 11.5 Å². The minimum atomic E-state index is -4.45. The molecule has 0 spiro atoms. The lowest BCUT2D eigenvalue weighted by molar-refractivity contribution is -0.137. The predicted molar refractivity (Wildman–Crippen MR) is 69.1 cm³/mol. The largest absolute Gasteiger partial charge is 0.454 e. The van der Waals surface area contributed by atoms with E-state index in [0.717, 1.165) is 6.07 Å². The third kappa shape index (κ3) is 2.72. The number of para-hydroxylation sites is 1. The number of rotatable bonds is 3. The molecular formula is C14H11F3N2O2. The molecule has 1 aromatic heterocycles. The maximum atomic E-state index is 12.9. The highest BCUT2D eigenvalue weighted by Gasteiger charge is 2.34. The van der Waals surface area contributed by atoms with Crippen molar-refractivity contribution in [1.29, 1.82) is 0 Å². The highest BCUT2D eigenvalue weighted by Crippen LogP contribution is 2.37. The average molecular weight is 296 g/mol. The summed E-state index contributed by atoms with van der Waals surface area (Å²) < 4.78 is 49.1. The summed E-state index contributed by atoms with van der Waals surface area (Å²) >= 11 is 0. The van der Waals surface area contributed by atoms with Crippen LogP contribution >= 0.6 is 0 Å². The van der Waals surface area contributed by atoms with E-state index in [4.69, 9.17) is 9.47 Å². The van der Waals surface area contributed by atoms with Gasteiger partial charge in [-0.15, -0.1) is 0 Å². The van der Waals surface area contributed by atoms with Crippen LogP contribution in [0.25, 0.3) is 0 Å². The first kappa shape index (κ1) is 13.5. The molecule has 0 atom stereocenters. The summed E-state index contributed by atoms with van der Waals surface area (Å²) in [6, 6.07) is 7.51. The molecule has 0 bridgehead atoms. The Morgan fingerprint density at radius 2 is 2.00 bits per heavy atom. The third-order valence-corrected chi connectivity index (χ3v) is 3.04. The molecule has 2 aromatic rings. The van der Waals surface area contributed by atoms with E-state index in [1.807, 2.05) is 0 Å². The lowest BCUT2D eigenvalue weighted by Gasteiger charge is -2.13. The van der Waals surface area contributed by atoms with Crippen LogP contribution in [0.15, 0.2) is 36.5 Å². The Morgan fingerprint density at radius 3 is 2.81 bits per heavy atom. The van der Waals surface area contributed by atoms with Gasteiger partial charge in [0, 0.05) is 18.3 Å². The minimum Gasteiger partial charge on any atom is -0.454 e. The molecular weight excluding hydrogens is 285 g/mol. The number of benzene rings is 1. The van der Waals surface area contributed by atoms with Crippen LogP contribution in [0.1, 0.15) is 11.1 Å². The normalized spacial score (nSPS) is 13.3. The summed E-state index contributed by atoms with van der Waals surface area (Å²) in [4.78, 5) is 3.75. The topological polar surface area (TPSA) is 43.4 Å². The average Bonchev–Trinajstić information content (AvgIpc) is 2.93. The smallest absolute Gasteiger partial charge is 0.419 e. The lowest BCUT2D eigenvalue weighted by atomic mass is 10.1. The van der Waals surface area contributed by atoms with Gasteiger partial charge in [-0.25, -0.2) is 4.98 Å². The van der Waals surface area contributed by atoms with Gasteiger partial charge in [-0.2, -0.15) is 13.2 Å². The number of hydrogen-bond donors (Lipinski definition) is 1. The molecule has 0 amide bonds. The quantitative estimate of drug-likeness (QED) is 0.942. The van der Waals surface area contributed by atoms with Crippen LogP contribution in [0.2, 0.25) is 0 Å². The van der Waals surface area contributed by atoms with Gasteiger partial charge in [0.15, 0.2) is 11.5 Å². The Kier molecular flexibility index (Phi) is 3.32. The number of alkyl halides is 3. The number of anilines is 1. The van der Waals surface area contributed by atoms with Crippen LogP contribution < -0.4 is 14.8 Å². The molecule has 21 heavy (non-hydrogen) atoms. The number of pyridine rings is 1. The molecule has 3 rings (SSSR count). The van der Waals surface area contributed by atoms with Crippen molar-refractivity contribution in [3.8, 4) is 11.5 Å². The lowest BCUT2D eigenvalue weighted by Crippen LogP contribution is -2.12. The molecule has 7 heteroatoms. The standard InChI is InChI=1S/C14H11F3N2O2/c15-14(16,17)10-4-2-6-18-13(10)19-7-9-3-1-5-11-12(9)21-8-20-11/h1-6H,7-8H2,(H,18,19). The zero-order chi connectivity index (χ0) is 14.9. The van der Waals surface area contributed by atoms with Crippen LogP contribution in [-0.4, -0.2) is 11.8 Å². The van der Waals surface area contributed by atoms with Crippen molar-refractivity contribution < 1.29 is 22.6 Å². The van der Waals surface area contributed by atoms with E-state index in [9.17, 15) is 13.2 Å². The second-order valence-electron chi connectivity index (χ2n) is 4.40. The minimum absolute atomic E-state index is 0.115. The zero-order valence-corrected chi connectivity index (χ0v) is 10.8. The molecule has 0 fully saturated rings. The van der Waals surface area contributed by atoms with E-state index in [1.54, 1.807) is 18.2 Å². The van der Waals surface area contributed by atoms with E-state index >= 15 is 0 Å². The fraction of sp³-hybridized carbons (Fsp3) is 0.214. The van der Waals surface area contributed by atoms with Crippen LogP contribution in [0.4, 0.5) is 19.0 Å². The first-order chi connectivity index (χ1) is 10.1. The second-order valence-corrected chi connectivity index (χ2v) is 4.40. The molecule has 0 radical (unpaired) electrons. The molecule has 0 unspecified atom stereocenters. The summed E-state index contributed by atoms with van der Waals surface area (Å²) in [5.74, 6) is 0.933. The number of halogens is 3. The van der Waals surface area contributed by atoms with Gasteiger partial charge in [0.1, 0.15) is 5.82 Å². The zero-order valence-electron chi connectivity index (χ0n) is 10.8. The summed E-state index contributed by atoms with van der Waals surface area (Å²) in [5.41, 5.74) is -0.0847. The van der Waals surface area contributed by atoms with Gasteiger partial charge >= 0.3 is 6.18 Å². The number of hydrogen-bond acceptors (Lipinski definition) is 4. The molecule has 1 N–H and O–H groups in total. The molecule has 110 valence electrons. The molecule has 1 aliphatic heterocycles. The van der Waals surface area contributed by atoms with E-state index < -0.39 is 11.7 Å². The van der Waals surface area contributed by atoms with Crippen LogP contribution in [-0.2, 0) is 12.7 Å². The molecule has 4 nitrogen and oxygen atoms in total. The Bertz CT molecular complexity index is 659. The molecule has 0 saturated carbocycles. The highest BCUT2D eigenvalue weighted by atomic mass is 19.4. The van der Waals surface area contributed by atoms with Crippen LogP contribution in [0.3, 0.4) is 0 Å². The van der Waals surface area contributed by atoms with Gasteiger partial charge < -0.3 is 14.8 Å². The van der Waals surface area contributed by atoms with Crippen molar-refractivity contribution in [1.82, 2.24) is 4.98 Å². The molecule has 1 aromatic carbocycles. The van der Waals surface area contributed by atoms with E-state index in [-0.39, 0.29) is 19.2 Å². The first-order valence-electron chi connectivity index (χ1n) is 6.19. The van der Waals surface area contributed by atoms with Crippen molar-refractivity contribution in [3.05, 3.63) is 47.7 Å². The third-order valence-electron chi connectivity index (χ3n) is 3.04. The van der Waals surface area contributed by atoms with Gasteiger partial charge in [-0.1, -0.05) is 12.1 Å². The number of aromatic nitrogens is 1. The molecule has 0 aliphatic carbocycles. The maximum Gasteiger partial charge on any atom is 0.419 e. The molecule has 1 aliphatic rings. The van der Waals surface area contributed by atoms with Gasteiger partial charge in [0.05, 0.1) is 5.56 Å². The Labute approximate surface area is 118 Å². The monoisotopic (exact) mass is 296 g/mol. The van der Waals surface area contributed by atoms with E-state index in [0.29, 0.717) is 17.1 Å². The van der Waals surface area contributed by atoms with Gasteiger partial charge in [0.25, 0.3) is 0 Å². The highest BCUT2D eigenvalue weighted by molar-refractivity contribution is 5.51. The number of ether oxygens (including phenoxy) is 2. The molecule has 2 heterocycles. The number of fused-ring (bicyclic) bond motifs is 1. The molecule has 0 saturated heterocycles. The summed E-state index contributed by atoms with van der Waals surface area (Å²) in [5, 5.41) is 2.70. The Hall–Kier alpha value is -2.44. The second kappa shape index (κ2) is 5.16. The van der Waals surface area contributed by atoms with Crippen molar-refractivity contribution in [3.63, 3.8) is 0 Å². The maximum absolute atomic E-state index is 12.9. The fourth-order valence-electron chi connectivity index (χ4n) is 2.08. The van der Waals surface area contributed by atoms with Gasteiger partial charge in [-0.05, 0) is 18.2 Å². The predicted octanol–water partition coefficient (Wildman–Crippen LogP) is 3.44. The first-order valence-corrected chi connectivity index (χ1v) is 6.19. The van der Waals surface area contributed by atoms with Crippen molar-refractivity contribution >= 4 is 5.82 Å². The summed E-state index contributed by atoms with van der Waals surface area (Å²) in [6.45, 7) is 0.274. The fourth-order valence-corrected chi connectivity index (χ4v) is 2.08. The number of nitrogens with zero attached hydrogens (tertiary/aromatic N) is 1. The summed E-state index contributed by atoms with van der Waals surface area (Å²) in [6.07, 6.45) is -3.14. The van der Waals surface area contributed by atoms with Crippen molar-refractivity contribution in [2.24, 2.45) is 0 Å². The van der Waals surface area contributed by atoms with Crippen LogP contribution in [0, 0.1) is 0 Å². The van der Waals surface area contributed by atoms with Crippen molar-refractivity contribution in [2.45, 2.75) is 12.7 Å². The Balaban J connectivity index is 1.82. The number of nitrogens with one attached hydrogen (secondary N) is 1. The van der Waals surface area contributed by atoms with E-state index in [2.05, 4.69) is 10.3 Å². The van der Waals surface area contributed by atoms with Gasteiger partial charge in [0.2, 0.25) is 6.79 Å². The Morgan fingerprint density at radius 1 is 1.14 bits per heavy atom.